The van der Waals surface area contributed by atoms with Gasteiger partial charge in [-0.3, -0.25) is 0 Å². The third-order valence-electron chi connectivity index (χ3n) is 4.34. The number of alkyl halides is 1. The van der Waals surface area contributed by atoms with Crippen LogP contribution in [0, 0.1) is 5.41 Å². The predicted octanol–water partition coefficient (Wildman–Crippen LogP) is 3.47. The van der Waals surface area contributed by atoms with Crippen LogP contribution < -0.4 is 0 Å². The van der Waals surface area contributed by atoms with E-state index in [-0.39, 0.29) is 0 Å². The number of hydrogen-bond acceptors (Lipinski definition) is 1. The van der Waals surface area contributed by atoms with Crippen LogP contribution in [-0.2, 0) is 0 Å². The van der Waals surface area contributed by atoms with Gasteiger partial charge in [-0.2, -0.15) is 0 Å². The lowest BCUT2D eigenvalue weighted by atomic mass is 9.68. The fourth-order valence-corrected chi connectivity index (χ4v) is 3.66. The van der Waals surface area contributed by atoms with Gasteiger partial charge in [0.15, 0.2) is 0 Å². The highest BCUT2D eigenvalue weighted by Gasteiger charge is 2.36. The molecular weight excluding hydrogens is 285 g/mol. The van der Waals surface area contributed by atoms with Gasteiger partial charge in [0.05, 0.1) is 0 Å². The molecule has 2 aliphatic rings. The average Bonchev–Trinajstić information content (AvgIpc) is 2.24. The van der Waals surface area contributed by atoms with Crippen LogP contribution in [0.5, 0.6) is 0 Å². The van der Waals surface area contributed by atoms with Gasteiger partial charge >= 0.3 is 0 Å². The summed E-state index contributed by atoms with van der Waals surface area (Å²) in [4.78, 5) is 2.61. The van der Waals surface area contributed by atoms with Gasteiger partial charge in [-0.15, -0.1) is 0 Å². The molecule has 0 radical (unpaired) electrons. The summed E-state index contributed by atoms with van der Waals surface area (Å²) in [6, 6.07) is 0. The molecule has 1 nitrogen and oxygen atoms in total. The first-order valence-corrected chi connectivity index (χ1v) is 7.35. The number of hydrogen-bond donors (Lipinski definition) is 0. The van der Waals surface area contributed by atoms with E-state index < -0.39 is 0 Å². The quantitative estimate of drug-likeness (QED) is 0.530. The molecule has 0 aromatic carbocycles. The molecule has 1 saturated carbocycles. The molecule has 82 valence electrons. The lowest BCUT2D eigenvalue weighted by Gasteiger charge is -2.45. The first-order chi connectivity index (χ1) is 6.74. The number of likely N-dealkylation sites (tertiary alicyclic amines) is 1. The summed E-state index contributed by atoms with van der Waals surface area (Å²) in [7, 11) is 0. The Morgan fingerprint density at radius 3 is 2.21 bits per heavy atom. The van der Waals surface area contributed by atoms with Crippen LogP contribution in [0.4, 0.5) is 0 Å². The van der Waals surface area contributed by atoms with E-state index in [4.69, 9.17) is 0 Å². The van der Waals surface area contributed by atoms with E-state index in [9.17, 15) is 0 Å². The van der Waals surface area contributed by atoms with E-state index in [0.717, 1.165) is 9.34 Å². The van der Waals surface area contributed by atoms with Crippen LogP contribution in [-0.4, -0.2) is 28.5 Å². The first-order valence-electron chi connectivity index (χ1n) is 6.10. The van der Waals surface area contributed by atoms with E-state index in [2.05, 4.69) is 34.4 Å². The number of nitrogens with zero attached hydrogens (tertiary/aromatic N) is 1. The summed E-state index contributed by atoms with van der Waals surface area (Å²) in [5.74, 6) is 0. The molecule has 1 spiro atoms. The molecular formula is C12H22IN. The summed E-state index contributed by atoms with van der Waals surface area (Å²) < 4.78 is 0.974. The number of piperidine rings is 1. The van der Waals surface area contributed by atoms with Crippen molar-refractivity contribution in [2.24, 2.45) is 5.41 Å². The summed E-state index contributed by atoms with van der Waals surface area (Å²) in [6.45, 7) is 6.27. The highest BCUT2D eigenvalue weighted by Crippen LogP contribution is 2.45. The molecule has 0 bridgehead atoms. The first kappa shape index (κ1) is 11.2. The van der Waals surface area contributed by atoms with Crippen LogP contribution >= 0.6 is 22.6 Å². The van der Waals surface area contributed by atoms with Crippen molar-refractivity contribution in [1.29, 1.82) is 0 Å². The van der Waals surface area contributed by atoms with Crippen LogP contribution in [0.25, 0.3) is 0 Å². The van der Waals surface area contributed by atoms with Crippen LogP contribution in [0.3, 0.4) is 0 Å². The van der Waals surface area contributed by atoms with Crippen molar-refractivity contribution in [2.75, 3.05) is 19.6 Å². The third-order valence-corrected chi connectivity index (χ3v) is 5.59. The molecule has 0 amide bonds. The van der Waals surface area contributed by atoms with E-state index in [1.54, 1.807) is 0 Å². The number of halogens is 1. The maximum absolute atomic E-state index is 2.64. The van der Waals surface area contributed by atoms with E-state index in [0.29, 0.717) is 0 Å². The Morgan fingerprint density at radius 2 is 1.71 bits per heavy atom. The maximum atomic E-state index is 2.64. The highest BCUT2D eigenvalue weighted by atomic mass is 127. The second kappa shape index (κ2) is 4.69. The topological polar surface area (TPSA) is 3.24 Å². The molecule has 0 aromatic rings. The molecule has 0 aromatic heterocycles. The molecule has 2 heteroatoms. The Morgan fingerprint density at radius 1 is 1.14 bits per heavy atom. The smallest absolute Gasteiger partial charge is 0.0110 e. The van der Waals surface area contributed by atoms with Gasteiger partial charge in [0.1, 0.15) is 0 Å². The van der Waals surface area contributed by atoms with E-state index in [1.807, 2.05) is 0 Å². The van der Waals surface area contributed by atoms with Gasteiger partial charge in [-0.25, -0.2) is 0 Å². The second-order valence-corrected chi connectivity index (χ2v) is 6.87. The van der Waals surface area contributed by atoms with Gasteiger partial charge < -0.3 is 4.90 Å². The maximum Gasteiger partial charge on any atom is 0.0110 e. The van der Waals surface area contributed by atoms with Gasteiger partial charge in [-0.1, -0.05) is 29.5 Å². The molecule has 0 atom stereocenters. The van der Waals surface area contributed by atoms with E-state index in [1.165, 1.54) is 58.2 Å². The van der Waals surface area contributed by atoms with Crippen molar-refractivity contribution in [3.05, 3.63) is 0 Å². The third kappa shape index (κ3) is 2.43. The summed E-state index contributed by atoms with van der Waals surface area (Å²) in [5, 5.41) is 0. The van der Waals surface area contributed by atoms with Crippen molar-refractivity contribution in [1.82, 2.24) is 4.90 Å². The standard InChI is InChI=1S/C12H22IN/c1-2-14-9-7-12(8-10-14)5-3-11(13)4-6-12/h11H,2-10H2,1H3. The largest absolute Gasteiger partial charge is 0.304 e. The molecule has 2 rings (SSSR count). The average molecular weight is 307 g/mol. The number of rotatable bonds is 1. The zero-order valence-electron chi connectivity index (χ0n) is 9.27. The van der Waals surface area contributed by atoms with Crippen molar-refractivity contribution in [3.8, 4) is 0 Å². The lowest BCUT2D eigenvalue weighted by molar-refractivity contribution is 0.0734. The second-order valence-electron chi connectivity index (χ2n) is 5.11. The zero-order chi connectivity index (χ0) is 10.0. The molecule has 0 unspecified atom stereocenters. The predicted molar refractivity (Wildman–Crippen MR) is 70.1 cm³/mol. The van der Waals surface area contributed by atoms with Gasteiger partial charge in [0.2, 0.25) is 0 Å². The summed E-state index contributed by atoms with van der Waals surface area (Å²) in [5.41, 5.74) is 0.771. The summed E-state index contributed by atoms with van der Waals surface area (Å²) >= 11 is 2.64. The molecule has 14 heavy (non-hydrogen) atoms. The van der Waals surface area contributed by atoms with Gasteiger partial charge in [0.25, 0.3) is 0 Å². The highest BCUT2D eigenvalue weighted by molar-refractivity contribution is 14.1. The molecule has 1 heterocycles. The van der Waals surface area contributed by atoms with Crippen molar-refractivity contribution in [2.45, 2.75) is 49.4 Å². The molecule has 0 N–H and O–H groups in total. The zero-order valence-corrected chi connectivity index (χ0v) is 11.4. The van der Waals surface area contributed by atoms with E-state index >= 15 is 0 Å². The minimum absolute atomic E-state index is 0.771. The minimum atomic E-state index is 0.771. The van der Waals surface area contributed by atoms with Crippen LogP contribution in [0.1, 0.15) is 45.4 Å². The molecule has 1 aliphatic carbocycles. The van der Waals surface area contributed by atoms with Crippen molar-refractivity contribution in [3.63, 3.8) is 0 Å². The van der Waals surface area contributed by atoms with Crippen LogP contribution in [0.15, 0.2) is 0 Å². The Labute approximate surface area is 102 Å². The molecule has 1 saturated heterocycles. The Kier molecular flexibility index (Phi) is 3.74. The fraction of sp³-hybridized carbons (Fsp3) is 1.00. The lowest BCUT2D eigenvalue weighted by Crippen LogP contribution is -2.41. The minimum Gasteiger partial charge on any atom is -0.304 e. The Balaban J connectivity index is 1.86. The normalized spacial score (nSPS) is 29.6. The van der Waals surface area contributed by atoms with Gasteiger partial charge in [0, 0.05) is 3.92 Å². The van der Waals surface area contributed by atoms with Crippen molar-refractivity contribution < 1.29 is 0 Å². The Hall–Kier alpha value is 0.690. The van der Waals surface area contributed by atoms with Crippen molar-refractivity contribution >= 4 is 22.6 Å². The summed E-state index contributed by atoms with van der Waals surface area (Å²) in [6.07, 6.45) is 8.93. The monoisotopic (exact) mass is 307 g/mol. The Bertz CT molecular complexity index is 175. The molecule has 1 aliphatic heterocycles. The molecule has 2 fully saturated rings. The fourth-order valence-electron chi connectivity index (χ4n) is 3.04. The SMILES string of the molecule is CCN1CCC2(CCC(I)CC2)CC1. The van der Waals surface area contributed by atoms with Gasteiger partial charge in [-0.05, 0) is 63.6 Å². The van der Waals surface area contributed by atoms with Crippen LogP contribution in [0.2, 0.25) is 0 Å².